The summed E-state index contributed by atoms with van der Waals surface area (Å²) >= 11 is 0. The number of hydrogen-bond donors (Lipinski definition) is 0. The van der Waals surface area contributed by atoms with Crippen LogP contribution in [0.2, 0.25) is 0 Å². The van der Waals surface area contributed by atoms with Crippen LogP contribution >= 0.6 is 0 Å². The largest absolute Gasteiger partial charge is 0.491 e. The Hall–Kier alpha value is -3.21. The number of amides is 2. The highest BCUT2D eigenvalue weighted by atomic mass is 19.4. The van der Waals surface area contributed by atoms with Crippen molar-refractivity contribution >= 4 is 11.8 Å². The summed E-state index contributed by atoms with van der Waals surface area (Å²) in [6, 6.07) is 4.91. The number of nitrogens with zero attached hydrogens (tertiary/aromatic N) is 3. The molecule has 11 heteroatoms. The van der Waals surface area contributed by atoms with E-state index in [0.29, 0.717) is 63.1 Å². The van der Waals surface area contributed by atoms with E-state index in [2.05, 4.69) is 4.98 Å². The molecule has 0 spiro atoms. The summed E-state index contributed by atoms with van der Waals surface area (Å²) in [5.41, 5.74) is -1.12. The number of methoxy groups -OCH3 is 1. The molecule has 1 aromatic heterocycles. The fraction of sp³-hybridized carbons (Fsp3) is 0.552. The average molecular weight is 566 g/mol. The molecule has 0 saturated carbocycles. The number of carbonyl (C=O) groups is 2. The lowest BCUT2D eigenvalue weighted by Crippen LogP contribution is -2.53. The van der Waals surface area contributed by atoms with Crippen molar-refractivity contribution in [3.63, 3.8) is 0 Å². The van der Waals surface area contributed by atoms with Crippen molar-refractivity contribution in [3.8, 4) is 5.75 Å². The Kier molecular flexibility index (Phi) is 9.65. The van der Waals surface area contributed by atoms with Crippen LogP contribution in [0.25, 0.3) is 0 Å². The molecule has 3 atom stereocenters. The van der Waals surface area contributed by atoms with Crippen molar-refractivity contribution in [2.24, 2.45) is 5.92 Å². The molecule has 0 N–H and O–H groups in total. The molecule has 2 aliphatic heterocycles. The Labute approximate surface area is 231 Å². The van der Waals surface area contributed by atoms with E-state index in [0.717, 1.165) is 18.5 Å². The summed E-state index contributed by atoms with van der Waals surface area (Å²) in [6.45, 7) is 3.51. The van der Waals surface area contributed by atoms with Crippen molar-refractivity contribution < 1.29 is 36.6 Å². The quantitative estimate of drug-likeness (QED) is 0.305. The van der Waals surface area contributed by atoms with E-state index < -0.39 is 41.0 Å². The highest BCUT2D eigenvalue weighted by Gasteiger charge is 2.44. The van der Waals surface area contributed by atoms with E-state index in [1.807, 2.05) is 6.92 Å². The predicted molar refractivity (Wildman–Crippen MR) is 139 cm³/mol. The van der Waals surface area contributed by atoms with Crippen LogP contribution in [0.3, 0.4) is 0 Å². The van der Waals surface area contributed by atoms with E-state index in [1.165, 1.54) is 11.0 Å². The zero-order chi connectivity index (χ0) is 28.9. The van der Waals surface area contributed by atoms with Crippen molar-refractivity contribution in [3.05, 3.63) is 59.2 Å². The Morgan fingerprint density at radius 1 is 1.12 bits per heavy atom. The van der Waals surface area contributed by atoms with Crippen LogP contribution in [0, 0.1) is 11.7 Å². The monoisotopic (exact) mass is 565 g/mol. The van der Waals surface area contributed by atoms with Crippen LogP contribution in [0.1, 0.15) is 66.4 Å². The molecule has 7 nitrogen and oxygen atoms in total. The molecule has 3 heterocycles. The number of carbonyl (C=O) groups excluding carboxylic acids is 2. The summed E-state index contributed by atoms with van der Waals surface area (Å²) in [4.78, 5) is 34.2. The highest BCUT2D eigenvalue weighted by Crippen LogP contribution is 2.39. The smallest absolute Gasteiger partial charge is 0.417 e. The molecule has 40 heavy (non-hydrogen) atoms. The third-order valence-corrected chi connectivity index (χ3v) is 7.76. The first kappa shape index (κ1) is 29.8. The minimum Gasteiger partial charge on any atom is -0.491 e. The van der Waals surface area contributed by atoms with Gasteiger partial charge >= 0.3 is 6.18 Å². The summed E-state index contributed by atoms with van der Waals surface area (Å²) < 4.78 is 66.7. The van der Waals surface area contributed by atoms with Crippen molar-refractivity contribution in [2.75, 3.05) is 40.0 Å². The minimum absolute atomic E-state index is 0.154. The van der Waals surface area contributed by atoms with Crippen LogP contribution in [0.5, 0.6) is 5.75 Å². The molecule has 2 fully saturated rings. The number of alkyl halides is 3. The van der Waals surface area contributed by atoms with Gasteiger partial charge < -0.3 is 19.3 Å². The van der Waals surface area contributed by atoms with Crippen molar-refractivity contribution in [2.45, 2.75) is 57.2 Å². The molecule has 0 aliphatic carbocycles. The molecule has 3 unspecified atom stereocenters. The fourth-order valence-electron chi connectivity index (χ4n) is 5.92. The van der Waals surface area contributed by atoms with Gasteiger partial charge in [0.1, 0.15) is 18.2 Å². The number of benzene rings is 1. The molecule has 0 radical (unpaired) electrons. The van der Waals surface area contributed by atoms with Gasteiger partial charge in [-0.2, -0.15) is 13.2 Å². The van der Waals surface area contributed by atoms with Gasteiger partial charge in [-0.15, -0.1) is 0 Å². The lowest BCUT2D eigenvalue weighted by atomic mass is 9.84. The van der Waals surface area contributed by atoms with Gasteiger partial charge in [-0.1, -0.05) is 19.4 Å². The lowest BCUT2D eigenvalue weighted by molar-refractivity contribution is -0.139. The second-order valence-electron chi connectivity index (χ2n) is 10.3. The van der Waals surface area contributed by atoms with Crippen LogP contribution in [-0.4, -0.2) is 72.6 Å². The third kappa shape index (κ3) is 6.40. The van der Waals surface area contributed by atoms with E-state index >= 15 is 0 Å². The van der Waals surface area contributed by atoms with Crippen LogP contribution in [0.4, 0.5) is 17.6 Å². The Morgan fingerprint density at radius 3 is 2.65 bits per heavy atom. The van der Waals surface area contributed by atoms with E-state index in [1.54, 1.807) is 24.1 Å². The molecular weight excluding hydrogens is 530 g/mol. The van der Waals surface area contributed by atoms with Crippen LogP contribution in [0.15, 0.2) is 36.7 Å². The number of rotatable bonds is 9. The topological polar surface area (TPSA) is 72.0 Å². The molecule has 2 saturated heterocycles. The Balaban J connectivity index is 1.53. The molecule has 0 bridgehead atoms. The maximum absolute atomic E-state index is 14.9. The number of pyridine rings is 1. The third-order valence-electron chi connectivity index (χ3n) is 7.76. The molecule has 2 aromatic rings. The summed E-state index contributed by atoms with van der Waals surface area (Å²) in [5, 5.41) is 0. The molecular formula is C29H35F4N3O4. The second kappa shape index (κ2) is 13.0. The zero-order valence-electron chi connectivity index (χ0n) is 22.8. The first-order valence-corrected chi connectivity index (χ1v) is 13.7. The van der Waals surface area contributed by atoms with Crippen molar-refractivity contribution in [1.82, 2.24) is 14.8 Å². The van der Waals surface area contributed by atoms with E-state index in [-0.39, 0.29) is 25.0 Å². The van der Waals surface area contributed by atoms with Crippen LogP contribution in [-0.2, 0) is 15.7 Å². The van der Waals surface area contributed by atoms with Gasteiger partial charge in [-0.25, -0.2) is 4.39 Å². The van der Waals surface area contributed by atoms with Gasteiger partial charge in [-0.05, 0) is 43.9 Å². The lowest BCUT2D eigenvalue weighted by Gasteiger charge is -2.42. The highest BCUT2D eigenvalue weighted by molar-refractivity contribution is 5.96. The first-order chi connectivity index (χ1) is 19.2. The van der Waals surface area contributed by atoms with E-state index in [9.17, 15) is 27.2 Å². The number of hydrogen-bond acceptors (Lipinski definition) is 5. The maximum atomic E-state index is 14.9. The molecule has 218 valence electrons. The molecule has 1 aromatic carbocycles. The fourth-order valence-corrected chi connectivity index (χ4v) is 5.92. The molecule has 4 rings (SSSR count). The molecule has 2 amide bonds. The van der Waals surface area contributed by atoms with Gasteiger partial charge in [-0.3, -0.25) is 14.6 Å². The van der Waals surface area contributed by atoms with Gasteiger partial charge in [0.2, 0.25) is 5.91 Å². The Bertz CT molecular complexity index is 1190. The second-order valence-corrected chi connectivity index (χ2v) is 10.3. The van der Waals surface area contributed by atoms with Gasteiger partial charge in [0.05, 0.1) is 23.7 Å². The average Bonchev–Trinajstić information content (AvgIpc) is 3.42. The number of halogens is 4. The number of aromatic nitrogens is 1. The van der Waals surface area contributed by atoms with Gasteiger partial charge in [0.15, 0.2) is 0 Å². The van der Waals surface area contributed by atoms with Gasteiger partial charge in [0.25, 0.3) is 5.91 Å². The number of likely N-dealkylation sites (tertiary alicyclic amines) is 2. The normalized spacial score (nSPS) is 21.5. The first-order valence-electron chi connectivity index (χ1n) is 13.7. The minimum atomic E-state index is -4.71. The van der Waals surface area contributed by atoms with Gasteiger partial charge in [0, 0.05) is 56.7 Å². The number of ether oxygens (including phenoxy) is 2. The summed E-state index contributed by atoms with van der Waals surface area (Å²) in [6.07, 6.45) is -0.0488. The Morgan fingerprint density at radius 2 is 1.93 bits per heavy atom. The predicted octanol–water partition coefficient (Wildman–Crippen LogP) is 5.30. The van der Waals surface area contributed by atoms with E-state index in [4.69, 9.17) is 9.47 Å². The van der Waals surface area contributed by atoms with Crippen molar-refractivity contribution in [1.29, 1.82) is 0 Å². The van der Waals surface area contributed by atoms with Crippen LogP contribution < -0.4 is 4.74 Å². The summed E-state index contributed by atoms with van der Waals surface area (Å²) in [7, 11) is 1.55. The SMILES string of the molecule is CCCC1C(C(=O)N2CCC(c3c(F)cccc3OCCOC)C2)CCCN1C(=O)c1cnccc1C(F)(F)F. The molecule has 2 aliphatic rings. The standard InChI is InChI=1S/C29H35F4N3O4/c1-3-6-24-20(7-5-13-36(24)28(38)21-17-34-12-10-22(21)29(31,32)33)27(37)35-14-11-19(18-35)26-23(30)8-4-9-25(26)40-16-15-39-2/h4,8-10,12,17,19-20,24H,3,5-7,11,13-16,18H2,1-2H3. The maximum Gasteiger partial charge on any atom is 0.417 e. The number of piperidine rings is 1. The zero-order valence-corrected chi connectivity index (χ0v) is 22.8. The summed E-state index contributed by atoms with van der Waals surface area (Å²) in [5.74, 6) is -1.71.